The summed E-state index contributed by atoms with van der Waals surface area (Å²) in [6.07, 6.45) is 3.79. The van der Waals surface area contributed by atoms with Gasteiger partial charge in [0.25, 0.3) is 0 Å². The summed E-state index contributed by atoms with van der Waals surface area (Å²) in [4.78, 5) is 22.9. The summed E-state index contributed by atoms with van der Waals surface area (Å²) in [7, 11) is 2.90. The summed E-state index contributed by atoms with van der Waals surface area (Å²) in [5, 5.41) is 4.18. The first kappa shape index (κ1) is 18.2. The molecule has 0 saturated carbocycles. The van der Waals surface area contributed by atoms with Gasteiger partial charge in [0.1, 0.15) is 23.8 Å². The molecule has 27 heavy (non-hydrogen) atoms. The van der Waals surface area contributed by atoms with Gasteiger partial charge in [0.15, 0.2) is 6.29 Å². The zero-order valence-corrected chi connectivity index (χ0v) is 14.9. The van der Waals surface area contributed by atoms with E-state index in [0.717, 1.165) is 6.29 Å². The first-order chi connectivity index (χ1) is 13.2. The molecule has 0 unspecified atom stereocenters. The van der Waals surface area contributed by atoms with Gasteiger partial charge in [0, 0.05) is 17.8 Å². The third-order valence-corrected chi connectivity index (χ3v) is 3.96. The minimum atomic E-state index is -0.428. The molecule has 1 heterocycles. The topological polar surface area (TPSA) is 79.7 Å². The fraction of sp³-hybridized carbons (Fsp3) is 0.150. The molecule has 3 rings (SSSR count). The number of methoxy groups -OCH3 is 2. The van der Waals surface area contributed by atoms with E-state index in [1.165, 1.54) is 13.3 Å². The number of esters is 1. The van der Waals surface area contributed by atoms with Crippen LogP contribution in [0.4, 0.5) is 0 Å². The lowest BCUT2D eigenvalue weighted by molar-refractivity contribution is 0.0597. The van der Waals surface area contributed by atoms with Crippen molar-refractivity contribution in [3.05, 3.63) is 71.5 Å². The lowest BCUT2D eigenvalue weighted by Crippen LogP contribution is -2.09. The minimum Gasteiger partial charge on any atom is -0.497 e. The Labute approximate surface area is 156 Å². The lowest BCUT2D eigenvalue weighted by atomic mass is 10.1. The highest BCUT2D eigenvalue weighted by Crippen LogP contribution is 2.29. The molecule has 0 atom stereocenters. The van der Waals surface area contributed by atoms with Gasteiger partial charge in [-0.15, -0.1) is 0 Å². The molecule has 0 bridgehead atoms. The molecule has 0 aliphatic heterocycles. The molecule has 0 aliphatic rings. The number of carbonyl (C=O) groups excluding carboxylic acids is 2. The van der Waals surface area contributed by atoms with Gasteiger partial charge in [0.2, 0.25) is 0 Å². The van der Waals surface area contributed by atoms with Crippen LogP contribution in [0.1, 0.15) is 26.3 Å². The smallest absolute Gasteiger partial charge is 0.338 e. The number of rotatable bonds is 7. The van der Waals surface area contributed by atoms with Gasteiger partial charge in [-0.25, -0.2) is 9.48 Å². The molecule has 2 aromatic carbocycles. The van der Waals surface area contributed by atoms with E-state index in [0.29, 0.717) is 33.9 Å². The molecule has 0 radical (unpaired) electrons. The Morgan fingerprint density at radius 2 is 2.00 bits per heavy atom. The Morgan fingerprint density at radius 1 is 1.19 bits per heavy atom. The van der Waals surface area contributed by atoms with Crippen LogP contribution in [0.5, 0.6) is 11.5 Å². The number of aromatic nitrogens is 2. The van der Waals surface area contributed by atoms with Crippen LogP contribution in [0, 0.1) is 0 Å². The van der Waals surface area contributed by atoms with E-state index in [1.54, 1.807) is 54.4 Å². The number of aldehydes is 1. The normalized spacial score (nSPS) is 10.3. The second-order valence-electron chi connectivity index (χ2n) is 5.61. The maximum absolute atomic E-state index is 11.9. The van der Waals surface area contributed by atoms with E-state index in [-0.39, 0.29) is 6.61 Å². The number of hydrogen-bond acceptors (Lipinski definition) is 6. The molecule has 7 heteroatoms. The van der Waals surface area contributed by atoms with E-state index in [1.807, 2.05) is 6.07 Å². The van der Waals surface area contributed by atoms with Gasteiger partial charge in [-0.2, -0.15) is 5.10 Å². The fourth-order valence-electron chi connectivity index (χ4n) is 2.57. The molecule has 0 fully saturated rings. The summed E-state index contributed by atoms with van der Waals surface area (Å²) in [6.45, 7) is 0.146. The van der Waals surface area contributed by atoms with E-state index in [9.17, 15) is 9.59 Å². The fourth-order valence-corrected chi connectivity index (χ4v) is 2.57. The Kier molecular flexibility index (Phi) is 5.51. The highest BCUT2D eigenvalue weighted by molar-refractivity contribution is 5.90. The molecular weight excluding hydrogens is 348 g/mol. The number of carbonyl (C=O) groups is 2. The van der Waals surface area contributed by atoms with Crippen LogP contribution in [-0.4, -0.2) is 36.3 Å². The van der Waals surface area contributed by atoms with Crippen molar-refractivity contribution >= 4 is 12.3 Å². The summed E-state index contributed by atoms with van der Waals surface area (Å²) in [5.41, 5.74) is 2.21. The largest absolute Gasteiger partial charge is 0.497 e. The summed E-state index contributed by atoms with van der Waals surface area (Å²) in [6, 6.07) is 12.3. The first-order valence-electron chi connectivity index (χ1n) is 8.13. The quantitative estimate of drug-likeness (QED) is 0.472. The Bertz CT molecular complexity index is 965. The molecule has 3 aromatic rings. The van der Waals surface area contributed by atoms with Crippen LogP contribution < -0.4 is 9.47 Å². The van der Waals surface area contributed by atoms with Crippen LogP contribution in [0.25, 0.3) is 5.69 Å². The van der Waals surface area contributed by atoms with E-state index >= 15 is 0 Å². The third kappa shape index (κ3) is 3.98. The van der Waals surface area contributed by atoms with Gasteiger partial charge in [-0.05, 0) is 18.2 Å². The zero-order chi connectivity index (χ0) is 19.2. The van der Waals surface area contributed by atoms with Gasteiger partial charge >= 0.3 is 5.97 Å². The highest BCUT2D eigenvalue weighted by Gasteiger charge is 2.14. The summed E-state index contributed by atoms with van der Waals surface area (Å²) < 4.78 is 17.6. The molecule has 0 saturated heterocycles. The molecule has 0 spiro atoms. The van der Waals surface area contributed by atoms with Crippen LogP contribution in [-0.2, 0) is 11.3 Å². The molecule has 1 aromatic heterocycles. The number of ether oxygens (including phenoxy) is 3. The SMILES string of the molecule is COC(=O)c1ccccc1COc1cc(OC)ccc1-n1cc(C=O)cn1. The van der Waals surface area contributed by atoms with Crippen LogP contribution in [0.15, 0.2) is 54.9 Å². The second-order valence-corrected chi connectivity index (χ2v) is 5.61. The number of benzene rings is 2. The molecule has 0 aliphatic carbocycles. The van der Waals surface area contributed by atoms with Crippen molar-refractivity contribution < 1.29 is 23.8 Å². The zero-order valence-electron chi connectivity index (χ0n) is 14.9. The predicted molar refractivity (Wildman–Crippen MR) is 97.6 cm³/mol. The lowest BCUT2D eigenvalue weighted by Gasteiger charge is -2.14. The summed E-state index contributed by atoms with van der Waals surface area (Å²) in [5.74, 6) is 0.676. The van der Waals surface area contributed by atoms with E-state index in [2.05, 4.69) is 5.10 Å². The molecule has 0 N–H and O–H groups in total. The van der Waals surface area contributed by atoms with Gasteiger partial charge in [-0.1, -0.05) is 18.2 Å². The molecule has 0 amide bonds. The van der Waals surface area contributed by atoms with Crippen LogP contribution in [0.2, 0.25) is 0 Å². The Balaban J connectivity index is 1.92. The van der Waals surface area contributed by atoms with Crippen molar-refractivity contribution in [1.29, 1.82) is 0 Å². The van der Waals surface area contributed by atoms with Gasteiger partial charge in [-0.3, -0.25) is 4.79 Å². The first-order valence-corrected chi connectivity index (χ1v) is 8.13. The third-order valence-electron chi connectivity index (χ3n) is 3.96. The Morgan fingerprint density at radius 3 is 2.70 bits per heavy atom. The average molecular weight is 366 g/mol. The van der Waals surface area contributed by atoms with Crippen molar-refractivity contribution in [1.82, 2.24) is 9.78 Å². The molecule has 138 valence electrons. The van der Waals surface area contributed by atoms with Crippen LogP contribution in [0.3, 0.4) is 0 Å². The standard InChI is InChI=1S/C20H18N2O5/c1-25-16-7-8-18(22-11-14(12-23)10-21-22)19(9-16)27-13-15-5-3-4-6-17(15)20(24)26-2/h3-12H,13H2,1-2H3. The van der Waals surface area contributed by atoms with Crippen molar-refractivity contribution in [2.45, 2.75) is 6.61 Å². The molecular formula is C20H18N2O5. The van der Waals surface area contributed by atoms with Crippen molar-refractivity contribution in [2.24, 2.45) is 0 Å². The second kappa shape index (κ2) is 8.18. The van der Waals surface area contributed by atoms with E-state index < -0.39 is 5.97 Å². The predicted octanol–water partition coefficient (Wildman–Crippen LogP) is 3.06. The van der Waals surface area contributed by atoms with Crippen molar-refractivity contribution in [3.63, 3.8) is 0 Å². The maximum Gasteiger partial charge on any atom is 0.338 e. The maximum atomic E-state index is 11.9. The van der Waals surface area contributed by atoms with Crippen LogP contribution >= 0.6 is 0 Å². The van der Waals surface area contributed by atoms with E-state index in [4.69, 9.17) is 14.2 Å². The Hall–Kier alpha value is -3.61. The molecule has 7 nitrogen and oxygen atoms in total. The summed E-state index contributed by atoms with van der Waals surface area (Å²) >= 11 is 0. The highest BCUT2D eigenvalue weighted by atomic mass is 16.5. The monoisotopic (exact) mass is 366 g/mol. The van der Waals surface area contributed by atoms with Gasteiger partial charge < -0.3 is 14.2 Å². The number of hydrogen-bond donors (Lipinski definition) is 0. The van der Waals surface area contributed by atoms with Crippen molar-refractivity contribution in [3.8, 4) is 17.2 Å². The van der Waals surface area contributed by atoms with Crippen molar-refractivity contribution in [2.75, 3.05) is 14.2 Å². The minimum absolute atomic E-state index is 0.146. The van der Waals surface area contributed by atoms with Gasteiger partial charge in [0.05, 0.1) is 31.5 Å². The average Bonchev–Trinajstić information content (AvgIpc) is 3.20. The number of nitrogens with zero attached hydrogens (tertiary/aromatic N) is 2.